The van der Waals surface area contributed by atoms with Gasteiger partial charge in [0, 0.05) is 18.1 Å². The van der Waals surface area contributed by atoms with Crippen molar-refractivity contribution < 1.29 is 0 Å². The topological polar surface area (TPSA) is 17.8 Å². The summed E-state index contributed by atoms with van der Waals surface area (Å²) in [4.78, 5) is 4.11. The van der Waals surface area contributed by atoms with Crippen molar-refractivity contribution in [1.82, 2.24) is 9.55 Å². The molecule has 1 aromatic rings. The van der Waals surface area contributed by atoms with Crippen molar-refractivity contribution in [2.75, 3.05) is 0 Å². The van der Waals surface area contributed by atoms with E-state index in [0.717, 1.165) is 11.5 Å². The minimum atomic E-state index is 0.889. The van der Waals surface area contributed by atoms with Crippen LogP contribution in [0.2, 0.25) is 0 Å². The summed E-state index contributed by atoms with van der Waals surface area (Å²) in [6, 6.07) is 0. The molecule has 0 bridgehead atoms. The van der Waals surface area contributed by atoms with Crippen LogP contribution in [0, 0.1) is 0 Å². The maximum atomic E-state index is 4.11. The Morgan fingerprint density at radius 1 is 1.54 bits per heavy atom. The quantitative estimate of drug-likeness (QED) is 0.678. The Morgan fingerprint density at radius 3 is 2.62 bits per heavy atom. The van der Waals surface area contributed by atoms with Gasteiger partial charge < -0.3 is 4.57 Å². The molecule has 0 aliphatic heterocycles. The van der Waals surface area contributed by atoms with Crippen molar-refractivity contribution >= 4 is 11.8 Å². The molecule has 0 aliphatic carbocycles. The predicted octanol–water partition coefficient (Wildman–Crippen LogP) is 3.43. The highest BCUT2D eigenvalue weighted by Gasteiger charge is 1.97. The van der Waals surface area contributed by atoms with E-state index in [9.17, 15) is 0 Å². The zero-order valence-corrected chi connectivity index (χ0v) is 8.91. The van der Waals surface area contributed by atoms with E-state index < -0.39 is 0 Å². The van der Waals surface area contributed by atoms with Crippen molar-refractivity contribution in [3.8, 4) is 0 Å². The molecule has 2 nitrogen and oxygen atoms in total. The molecule has 0 aliphatic rings. The Labute approximate surface area is 80.6 Å². The van der Waals surface area contributed by atoms with Gasteiger partial charge in [-0.15, -0.1) is 0 Å². The molecule has 0 spiro atoms. The second-order valence-electron chi connectivity index (χ2n) is 2.29. The molecule has 72 valence electrons. The highest BCUT2D eigenvalue weighted by molar-refractivity contribution is 5.49. The zero-order valence-electron chi connectivity index (χ0n) is 8.91. The lowest BCUT2D eigenvalue weighted by atomic mass is 10.4. The van der Waals surface area contributed by atoms with Crippen LogP contribution in [-0.2, 0) is 0 Å². The van der Waals surface area contributed by atoms with Crippen molar-refractivity contribution in [3.05, 3.63) is 30.9 Å². The first-order valence-electron chi connectivity index (χ1n) is 4.58. The number of hydrogen-bond acceptors (Lipinski definition) is 1. The van der Waals surface area contributed by atoms with E-state index in [1.807, 2.05) is 44.5 Å². The van der Waals surface area contributed by atoms with Crippen LogP contribution in [0.15, 0.2) is 25.0 Å². The maximum absolute atomic E-state index is 4.11. The van der Waals surface area contributed by atoms with Crippen LogP contribution in [0.1, 0.15) is 33.5 Å². The molecule has 0 amide bonds. The lowest BCUT2D eigenvalue weighted by Crippen LogP contribution is -1.93. The average molecular weight is 178 g/mol. The third-order valence-corrected chi connectivity index (χ3v) is 1.65. The molecule has 0 fully saturated rings. The fourth-order valence-corrected chi connectivity index (χ4v) is 0.903. The Balaban J connectivity index is 0.000000671. The van der Waals surface area contributed by atoms with Crippen LogP contribution in [0.5, 0.6) is 0 Å². The molecule has 0 N–H and O–H groups in total. The van der Waals surface area contributed by atoms with Gasteiger partial charge in [-0.3, -0.25) is 0 Å². The van der Waals surface area contributed by atoms with Gasteiger partial charge in [0.1, 0.15) is 5.82 Å². The molecule has 1 heterocycles. The standard InChI is InChI=1S/C9H12N2.C2H6/c1-4-8(3)11-7-6-10-9(11)5-2;1-2/h4-7H,2H2,1,3H3;1-2H3/b8-4-;. The number of hydrogen-bond donors (Lipinski definition) is 0. The summed E-state index contributed by atoms with van der Waals surface area (Å²) >= 11 is 0. The fourth-order valence-electron chi connectivity index (χ4n) is 0.903. The monoisotopic (exact) mass is 178 g/mol. The second kappa shape index (κ2) is 6.23. The van der Waals surface area contributed by atoms with Gasteiger partial charge in [-0.2, -0.15) is 0 Å². The Hall–Kier alpha value is -1.31. The number of aromatic nitrogens is 2. The summed E-state index contributed by atoms with van der Waals surface area (Å²) < 4.78 is 1.99. The molecule has 0 saturated heterocycles. The highest BCUT2D eigenvalue weighted by atomic mass is 15.1. The predicted molar refractivity (Wildman–Crippen MR) is 59.3 cm³/mol. The van der Waals surface area contributed by atoms with Gasteiger partial charge in [0.15, 0.2) is 0 Å². The number of imidazole rings is 1. The van der Waals surface area contributed by atoms with Gasteiger partial charge in [0.05, 0.1) is 0 Å². The van der Waals surface area contributed by atoms with Crippen LogP contribution in [0.25, 0.3) is 11.8 Å². The van der Waals surface area contributed by atoms with Crippen molar-refractivity contribution in [1.29, 1.82) is 0 Å². The van der Waals surface area contributed by atoms with E-state index in [0.29, 0.717) is 0 Å². The Bertz CT molecular complexity index is 282. The molecule has 2 heteroatoms. The summed E-state index contributed by atoms with van der Waals surface area (Å²) in [6.45, 7) is 11.7. The van der Waals surface area contributed by atoms with Crippen molar-refractivity contribution in [2.24, 2.45) is 0 Å². The van der Waals surface area contributed by atoms with Gasteiger partial charge in [-0.25, -0.2) is 4.98 Å². The molecule has 1 aromatic heterocycles. The summed E-state index contributed by atoms with van der Waals surface area (Å²) in [5.74, 6) is 0.889. The second-order valence-corrected chi connectivity index (χ2v) is 2.29. The molecule has 1 rings (SSSR count). The Kier molecular flexibility index (Phi) is 5.60. The summed E-state index contributed by atoms with van der Waals surface area (Å²) in [5, 5.41) is 0. The SMILES string of the molecule is C=Cc1nccn1/C(C)=C\C.CC. The Morgan fingerprint density at radius 2 is 2.15 bits per heavy atom. The summed E-state index contributed by atoms with van der Waals surface area (Å²) in [7, 11) is 0. The minimum absolute atomic E-state index is 0.889. The van der Waals surface area contributed by atoms with Gasteiger partial charge in [-0.1, -0.05) is 26.5 Å². The molecule has 0 saturated carbocycles. The largest absolute Gasteiger partial charge is 0.305 e. The van der Waals surface area contributed by atoms with E-state index in [1.165, 1.54) is 0 Å². The molecular weight excluding hydrogens is 160 g/mol. The lowest BCUT2D eigenvalue weighted by Gasteiger charge is -2.02. The number of nitrogens with zero attached hydrogens (tertiary/aromatic N) is 2. The first kappa shape index (κ1) is 11.7. The molecule has 13 heavy (non-hydrogen) atoms. The van der Waals surface area contributed by atoms with Crippen molar-refractivity contribution in [2.45, 2.75) is 27.7 Å². The minimum Gasteiger partial charge on any atom is -0.305 e. The smallest absolute Gasteiger partial charge is 0.136 e. The van der Waals surface area contributed by atoms with Crippen LogP contribution >= 0.6 is 0 Å². The molecule has 0 aromatic carbocycles. The third kappa shape index (κ3) is 2.90. The normalized spacial score (nSPS) is 10.3. The maximum Gasteiger partial charge on any atom is 0.136 e. The summed E-state index contributed by atoms with van der Waals surface area (Å²) in [6.07, 6.45) is 7.47. The van der Waals surface area contributed by atoms with Crippen LogP contribution in [-0.4, -0.2) is 9.55 Å². The lowest BCUT2D eigenvalue weighted by molar-refractivity contribution is 1.05. The van der Waals surface area contributed by atoms with E-state index in [4.69, 9.17) is 0 Å². The number of allylic oxidation sites excluding steroid dienone is 2. The average Bonchev–Trinajstić information content (AvgIpc) is 2.67. The van der Waals surface area contributed by atoms with E-state index >= 15 is 0 Å². The highest BCUT2D eigenvalue weighted by Crippen LogP contribution is 2.07. The van der Waals surface area contributed by atoms with Crippen LogP contribution < -0.4 is 0 Å². The third-order valence-electron chi connectivity index (χ3n) is 1.65. The van der Waals surface area contributed by atoms with Gasteiger partial charge >= 0.3 is 0 Å². The van der Waals surface area contributed by atoms with Gasteiger partial charge in [-0.05, 0) is 19.9 Å². The summed E-state index contributed by atoms with van der Waals surface area (Å²) in [5.41, 5.74) is 1.16. The zero-order chi connectivity index (χ0) is 10.3. The molecule has 0 radical (unpaired) electrons. The van der Waals surface area contributed by atoms with E-state index in [-0.39, 0.29) is 0 Å². The van der Waals surface area contributed by atoms with Crippen LogP contribution in [0.4, 0.5) is 0 Å². The van der Waals surface area contributed by atoms with E-state index in [2.05, 4.69) is 11.6 Å². The first-order valence-corrected chi connectivity index (χ1v) is 4.58. The van der Waals surface area contributed by atoms with E-state index in [1.54, 1.807) is 12.3 Å². The van der Waals surface area contributed by atoms with Crippen molar-refractivity contribution in [3.63, 3.8) is 0 Å². The van der Waals surface area contributed by atoms with Gasteiger partial charge in [0.2, 0.25) is 0 Å². The first-order chi connectivity index (χ1) is 6.29. The molecule has 0 unspecified atom stereocenters. The van der Waals surface area contributed by atoms with Crippen LogP contribution in [0.3, 0.4) is 0 Å². The fraction of sp³-hybridized carbons (Fsp3) is 0.364. The van der Waals surface area contributed by atoms with Gasteiger partial charge in [0.25, 0.3) is 0 Å². The number of rotatable bonds is 2. The molecule has 0 atom stereocenters. The molecular formula is C11H18N2.